The molecule has 2 aliphatic rings. The van der Waals surface area contributed by atoms with Gasteiger partial charge in [0.25, 0.3) is 5.91 Å². The molecule has 6 rings (SSSR count). The third-order valence-corrected chi connectivity index (χ3v) is 10.3. The van der Waals surface area contributed by atoms with E-state index in [0.29, 0.717) is 43.6 Å². The van der Waals surface area contributed by atoms with Gasteiger partial charge >= 0.3 is 6.09 Å². The number of nitrogens with one attached hydrogen (secondary N) is 6. The molecule has 0 spiro atoms. The van der Waals surface area contributed by atoms with Crippen LogP contribution in [0.15, 0.2) is 66.9 Å². The van der Waals surface area contributed by atoms with E-state index in [-0.39, 0.29) is 41.9 Å². The summed E-state index contributed by atoms with van der Waals surface area (Å²) in [7, 11) is 0. The number of fused-ring (bicyclic) bond motifs is 1. The van der Waals surface area contributed by atoms with Gasteiger partial charge < -0.3 is 31.3 Å². The molecular formula is C42H51N7O6. The summed E-state index contributed by atoms with van der Waals surface area (Å²) in [6, 6.07) is 17.4. The summed E-state index contributed by atoms with van der Waals surface area (Å²) in [5.41, 5.74) is 4.95. The van der Waals surface area contributed by atoms with Crippen molar-refractivity contribution >= 4 is 46.3 Å². The number of aromatic amines is 1. The number of hydrogen-bond acceptors (Lipinski definition) is 7. The monoisotopic (exact) mass is 749 g/mol. The minimum Gasteiger partial charge on any atom is -0.444 e. The molecule has 1 aliphatic carbocycles. The van der Waals surface area contributed by atoms with E-state index in [2.05, 4.69) is 36.8 Å². The average molecular weight is 750 g/mol. The number of anilines is 1. The van der Waals surface area contributed by atoms with Crippen LogP contribution in [0.3, 0.4) is 0 Å². The molecule has 1 unspecified atom stereocenters. The second-order valence-electron chi connectivity index (χ2n) is 15.7. The van der Waals surface area contributed by atoms with Gasteiger partial charge in [0.2, 0.25) is 17.7 Å². The van der Waals surface area contributed by atoms with Gasteiger partial charge in [-0.2, -0.15) is 5.10 Å². The molecule has 13 heteroatoms. The van der Waals surface area contributed by atoms with Crippen molar-refractivity contribution in [1.29, 1.82) is 0 Å². The van der Waals surface area contributed by atoms with E-state index in [0.717, 1.165) is 52.4 Å². The van der Waals surface area contributed by atoms with Gasteiger partial charge in [-0.3, -0.25) is 24.3 Å². The van der Waals surface area contributed by atoms with E-state index < -0.39 is 23.8 Å². The molecule has 1 aliphatic heterocycles. The van der Waals surface area contributed by atoms with Crippen LogP contribution in [0.25, 0.3) is 22.0 Å². The maximum absolute atomic E-state index is 13.8. The van der Waals surface area contributed by atoms with Crippen LogP contribution in [0, 0.1) is 18.8 Å². The minimum absolute atomic E-state index is 0.156. The Morgan fingerprint density at radius 2 is 1.71 bits per heavy atom. The Bertz CT molecular complexity index is 2030. The van der Waals surface area contributed by atoms with Gasteiger partial charge in [-0.15, -0.1) is 0 Å². The molecular weight excluding hydrogens is 699 g/mol. The fourth-order valence-electron chi connectivity index (χ4n) is 7.25. The highest BCUT2D eigenvalue weighted by Crippen LogP contribution is 2.30. The van der Waals surface area contributed by atoms with E-state index in [1.54, 1.807) is 18.3 Å². The maximum Gasteiger partial charge on any atom is 0.407 e. The number of amides is 5. The molecule has 13 nitrogen and oxygen atoms in total. The van der Waals surface area contributed by atoms with Gasteiger partial charge in [0, 0.05) is 42.1 Å². The molecule has 1 saturated heterocycles. The predicted octanol–water partition coefficient (Wildman–Crippen LogP) is 5.54. The van der Waals surface area contributed by atoms with Gasteiger partial charge in [-0.05, 0) is 125 Å². The van der Waals surface area contributed by atoms with Crippen molar-refractivity contribution in [3.8, 4) is 11.1 Å². The average Bonchev–Trinajstić information content (AvgIpc) is 3.62. The Balaban J connectivity index is 1.10. The Hall–Kier alpha value is -5.72. The first-order valence-corrected chi connectivity index (χ1v) is 19.1. The number of aromatic nitrogens is 2. The molecule has 0 bridgehead atoms. The lowest BCUT2D eigenvalue weighted by molar-refractivity contribution is -0.130. The lowest BCUT2D eigenvalue weighted by Gasteiger charge is -2.29. The van der Waals surface area contributed by atoms with E-state index >= 15 is 0 Å². The highest BCUT2D eigenvalue weighted by Gasteiger charge is 2.31. The molecule has 2 fully saturated rings. The number of benzene rings is 3. The fourth-order valence-corrected chi connectivity index (χ4v) is 7.25. The maximum atomic E-state index is 13.8. The molecule has 1 aromatic heterocycles. The SMILES string of the molecule is Cc1cc(C(=O)NC2CCCNC2=O)ccc1-c1ccc(C[C@H](NC(=O)C2CCC(CNC(=O)OC(C)(C)C)CC2)C(=O)Nc2ccc3cn[nH]c3c2)cc1. The van der Waals surface area contributed by atoms with Crippen molar-refractivity contribution in [1.82, 2.24) is 31.5 Å². The Kier molecular flexibility index (Phi) is 12.2. The van der Waals surface area contributed by atoms with Gasteiger partial charge in [0.05, 0.1) is 11.7 Å². The smallest absolute Gasteiger partial charge is 0.407 e. The van der Waals surface area contributed by atoms with Gasteiger partial charge in [-0.1, -0.05) is 30.3 Å². The molecule has 2 heterocycles. The number of carbonyl (C=O) groups is 5. The third kappa shape index (κ3) is 10.5. The second-order valence-corrected chi connectivity index (χ2v) is 15.7. The number of rotatable bonds is 11. The van der Waals surface area contributed by atoms with Crippen LogP contribution in [0.1, 0.15) is 80.8 Å². The lowest BCUT2D eigenvalue weighted by atomic mass is 9.81. The zero-order valence-electron chi connectivity index (χ0n) is 31.9. The molecule has 0 radical (unpaired) electrons. The lowest BCUT2D eigenvalue weighted by Crippen LogP contribution is -2.50. The van der Waals surface area contributed by atoms with Crippen molar-refractivity contribution in [3.63, 3.8) is 0 Å². The summed E-state index contributed by atoms with van der Waals surface area (Å²) in [6.07, 6.45) is 5.84. The van der Waals surface area contributed by atoms with E-state index in [1.165, 1.54) is 0 Å². The number of H-pyrrole nitrogens is 1. The molecule has 6 N–H and O–H groups in total. The molecule has 4 aromatic rings. The first kappa shape index (κ1) is 39.0. The normalized spacial score (nSPS) is 19.1. The summed E-state index contributed by atoms with van der Waals surface area (Å²) in [6.45, 7) is 8.53. The second kappa shape index (κ2) is 17.2. The van der Waals surface area contributed by atoms with Crippen LogP contribution in [0.5, 0.6) is 0 Å². The van der Waals surface area contributed by atoms with Crippen LogP contribution < -0.4 is 26.6 Å². The minimum atomic E-state index is -0.840. The number of hydrogen-bond donors (Lipinski definition) is 6. The van der Waals surface area contributed by atoms with Crippen molar-refractivity contribution in [3.05, 3.63) is 83.6 Å². The molecule has 3 aromatic carbocycles. The van der Waals surface area contributed by atoms with Gasteiger partial charge in [-0.25, -0.2) is 4.79 Å². The molecule has 2 atom stereocenters. The van der Waals surface area contributed by atoms with Gasteiger partial charge in [0.15, 0.2) is 0 Å². The van der Waals surface area contributed by atoms with E-state index in [4.69, 9.17) is 4.74 Å². The first-order valence-electron chi connectivity index (χ1n) is 19.1. The molecule has 290 valence electrons. The topological polar surface area (TPSA) is 183 Å². The van der Waals surface area contributed by atoms with Crippen LogP contribution in [-0.4, -0.2) is 70.7 Å². The summed E-state index contributed by atoms with van der Waals surface area (Å²) in [5, 5.41) is 22.4. The van der Waals surface area contributed by atoms with E-state index in [1.807, 2.05) is 76.2 Å². The van der Waals surface area contributed by atoms with Crippen LogP contribution in [0.4, 0.5) is 10.5 Å². The largest absolute Gasteiger partial charge is 0.444 e. The van der Waals surface area contributed by atoms with Crippen LogP contribution in [-0.2, 0) is 25.5 Å². The summed E-state index contributed by atoms with van der Waals surface area (Å²) < 4.78 is 5.35. The number of piperidine rings is 1. The number of alkyl carbamates (subject to hydrolysis) is 1. The number of carbonyl (C=O) groups excluding carboxylic acids is 5. The Morgan fingerprint density at radius 1 is 0.945 bits per heavy atom. The Morgan fingerprint density at radius 3 is 2.42 bits per heavy atom. The van der Waals surface area contributed by atoms with Crippen molar-refractivity contribution in [2.75, 3.05) is 18.4 Å². The third-order valence-electron chi connectivity index (χ3n) is 10.3. The summed E-state index contributed by atoms with van der Waals surface area (Å²) in [4.78, 5) is 64.7. The molecule has 1 saturated carbocycles. The highest BCUT2D eigenvalue weighted by atomic mass is 16.6. The zero-order valence-corrected chi connectivity index (χ0v) is 31.9. The number of aryl methyl sites for hydroxylation is 1. The number of ether oxygens (including phenoxy) is 1. The summed E-state index contributed by atoms with van der Waals surface area (Å²) in [5.74, 6) is -0.939. The fraction of sp³-hybridized carbons (Fsp3) is 0.429. The zero-order chi connectivity index (χ0) is 39.1. The first-order chi connectivity index (χ1) is 26.3. The van der Waals surface area contributed by atoms with Gasteiger partial charge in [0.1, 0.15) is 17.7 Å². The predicted molar refractivity (Wildman–Crippen MR) is 210 cm³/mol. The highest BCUT2D eigenvalue weighted by molar-refractivity contribution is 5.99. The van der Waals surface area contributed by atoms with Crippen LogP contribution >= 0.6 is 0 Å². The summed E-state index contributed by atoms with van der Waals surface area (Å²) >= 11 is 0. The molecule has 55 heavy (non-hydrogen) atoms. The van der Waals surface area contributed by atoms with Crippen molar-refractivity contribution in [2.24, 2.45) is 11.8 Å². The standard InChI is InChI=1S/C42H51N7O6/c1-25-20-30(38(51)47-34-6-5-19-43-39(34)52)16-18-33(25)28-11-7-26(8-12-28)21-36(40(53)46-32-17-15-31-24-45-49-35(31)22-32)48-37(50)29-13-9-27(10-14-29)23-44-41(54)55-42(2,3)4/h7-8,11-12,15-18,20,22,24,27,29,34,36H,5-6,9-10,13-14,19,21,23H2,1-4H3,(H,43,52)(H,44,54)(H,45,49)(H,46,53)(H,47,51)(H,48,50)/t27?,29?,34?,36-/m0/s1. The Labute approximate surface area is 321 Å². The van der Waals surface area contributed by atoms with Crippen molar-refractivity contribution < 1.29 is 28.7 Å². The van der Waals surface area contributed by atoms with Crippen molar-refractivity contribution in [2.45, 2.75) is 90.3 Å². The van der Waals surface area contributed by atoms with Crippen LogP contribution in [0.2, 0.25) is 0 Å². The number of nitrogens with zero attached hydrogens (tertiary/aromatic N) is 1. The quantitative estimate of drug-likeness (QED) is 0.116. The van der Waals surface area contributed by atoms with E-state index in [9.17, 15) is 24.0 Å². The molecule has 5 amide bonds.